The van der Waals surface area contributed by atoms with Crippen LogP contribution < -0.4 is 10.1 Å². The molecule has 106 valence electrons. The molecule has 3 rings (SSSR count). The van der Waals surface area contributed by atoms with Crippen LogP contribution >= 0.6 is 15.9 Å². The molecule has 2 aromatic rings. The first-order valence-corrected chi connectivity index (χ1v) is 7.51. The molecule has 1 N–H and O–H groups in total. The van der Waals surface area contributed by atoms with Crippen molar-refractivity contribution >= 4 is 15.9 Å². The van der Waals surface area contributed by atoms with Gasteiger partial charge in [0.2, 0.25) is 0 Å². The average molecular weight is 337 g/mol. The fourth-order valence-electron chi connectivity index (χ4n) is 2.40. The number of rotatable bonds is 5. The zero-order valence-corrected chi connectivity index (χ0v) is 13.0. The van der Waals surface area contributed by atoms with Gasteiger partial charge in [0, 0.05) is 43.0 Å². The summed E-state index contributed by atoms with van der Waals surface area (Å²) >= 11 is 3.56. The van der Waals surface area contributed by atoms with Crippen LogP contribution in [-0.2, 0) is 26.4 Å². The minimum atomic E-state index is 0.788. The quantitative estimate of drug-likeness (QED) is 0.846. The largest absolute Gasteiger partial charge is 0.493 e. The molecule has 1 aliphatic heterocycles. The van der Waals surface area contributed by atoms with Gasteiger partial charge in [-0.25, -0.2) is 4.98 Å². The maximum Gasteiger partial charge on any atom is 0.151 e. The summed E-state index contributed by atoms with van der Waals surface area (Å²) in [6.45, 7) is 2.44. The Morgan fingerprint density at radius 3 is 3.15 bits per heavy atom. The minimum absolute atomic E-state index is 0.788. The molecule has 0 unspecified atom stereocenters. The van der Waals surface area contributed by atoms with Crippen molar-refractivity contribution in [3.63, 3.8) is 0 Å². The Kier molecular flexibility index (Phi) is 4.03. The molecular formula is C14H17BrN4O. The number of nitrogens with one attached hydrogen (secondary N) is 1. The molecule has 20 heavy (non-hydrogen) atoms. The van der Waals surface area contributed by atoms with E-state index in [1.165, 1.54) is 11.1 Å². The summed E-state index contributed by atoms with van der Waals surface area (Å²) in [6.07, 6.45) is 3.56. The average Bonchev–Trinajstić information content (AvgIpc) is 3.03. The standard InChI is InChI=1S/C14H17BrN4O/c1-19-9-17-13(18-19)2-4-16-8-11-7-12(15)6-10-3-5-20-14(10)11/h6-7,9,16H,2-5,8H2,1H3. The number of hydrogen-bond acceptors (Lipinski definition) is 4. The van der Waals surface area contributed by atoms with Crippen LogP contribution in [0.5, 0.6) is 5.75 Å². The highest BCUT2D eigenvalue weighted by atomic mass is 79.9. The number of hydrogen-bond donors (Lipinski definition) is 1. The van der Waals surface area contributed by atoms with Gasteiger partial charge in [0.15, 0.2) is 5.82 Å². The summed E-state index contributed by atoms with van der Waals surface area (Å²) in [5.41, 5.74) is 2.50. The molecule has 0 fully saturated rings. The highest BCUT2D eigenvalue weighted by Gasteiger charge is 2.17. The first kappa shape index (κ1) is 13.6. The summed E-state index contributed by atoms with van der Waals surface area (Å²) in [7, 11) is 1.88. The van der Waals surface area contributed by atoms with E-state index in [0.29, 0.717) is 0 Å². The highest BCUT2D eigenvalue weighted by molar-refractivity contribution is 9.10. The van der Waals surface area contributed by atoms with Crippen molar-refractivity contribution in [2.45, 2.75) is 19.4 Å². The topological polar surface area (TPSA) is 52.0 Å². The van der Waals surface area contributed by atoms with E-state index in [1.807, 2.05) is 7.05 Å². The number of nitrogens with zero attached hydrogens (tertiary/aromatic N) is 3. The zero-order chi connectivity index (χ0) is 13.9. The second-order valence-corrected chi connectivity index (χ2v) is 5.83. The Balaban J connectivity index is 1.56. The third kappa shape index (κ3) is 3.02. The Morgan fingerprint density at radius 2 is 2.35 bits per heavy atom. The van der Waals surface area contributed by atoms with Crippen molar-refractivity contribution in [3.8, 4) is 5.75 Å². The minimum Gasteiger partial charge on any atom is -0.493 e. The molecule has 2 heterocycles. The molecule has 1 aromatic heterocycles. The van der Waals surface area contributed by atoms with E-state index < -0.39 is 0 Å². The third-order valence-corrected chi connectivity index (χ3v) is 3.77. The van der Waals surface area contributed by atoms with Crippen LogP contribution in [0.25, 0.3) is 0 Å². The highest BCUT2D eigenvalue weighted by Crippen LogP contribution is 2.32. The SMILES string of the molecule is Cn1cnc(CCNCc2cc(Br)cc3c2OCC3)n1. The lowest BCUT2D eigenvalue weighted by atomic mass is 10.1. The molecule has 0 saturated heterocycles. The van der Waals surface area contributed by atoms with E-state index in [0.717, 1.165) is 48.6 Å². The fraction of sp³-hybridized carbons (Fsp3) is 0.429. The van der Waals surface area contributed by atoms with Gasteiger partial charge in [0.1, 0.15) is 12.1 Å². The van der Waals surface area contributed by atoms with Crippen LogP contribution in [0, 0.1) is 0 Å². The molecular weight excluding hydrogens is 320 g/mol. The number of aromatic nitrogens is 3. The second-order valence-electron chi connectivity index (χ2n) is 4.91. The summed E-state index contributed by atoms with van der Waals surface area (Å²) in [4.78, 5) is 4.21. The van der Waals surface area contributed by atoms with Crippen LogP contribution in [0.4, 0.5) is 0 Å². The number of fused-ring (bicyclic) bond motifs is 1. The van der Waals surface area contributed by atoms with Gasteiger partial charge >= 0.3 is 0 Å². The molecule has 0 amide bonds. The first-order valence-electron chi connectivity index (χ1n) is 6.72. The van der Waals surface area contributed by atoms with Gasteiger partial charge in [0.25, 0.3) is 0 Å². The number of benzene rings is 1. The second kappa shape index (κ2) is 5.93. The fourth-order valence-corrected chi connectivity index (χ4v) is 2.95. The van der Waals surface area contributed by atoms with Gasteiger partial charge in [-0.15, -0.1) is 0 Å². The zero-order valence-electron chi connectivity index (χ0n) is 11.4. The van der Waals surface area contributed by atoms with Gasteiger partial charge in [-0.2, -0.15) is 5.10 Å². The van der Waals surface area contributed by atoms with Crippen LogP contribution in [0.2, 0.25) is 0 Å². The van der Waals surface area contributed by atoms with E-state index >= 15 is 0 Å². The third-order valence-electron chi connectivity index (χ3n) is 3.31. The monoisotopic (exact) mass is 336 g/mol. The van der Waals surface area contributed by atoms with Crippen molar-refractivity contribution in [2.75, 3.05) is 13.2 Å². The van der Waals surface area contributed by atoms with Gasteiger partial charge in [-0.05, 0) is 17.7 Å². The molecule has 0 spiro atoms. The molecule has 1 aliphatic rings. The van der Waals surface area contributed by atoms with E-state index in [2.05, 4.69) is 43.5 Å². The molecule has 0 saturated carbocycles. The van der Waals surface area contributed by atoms with Crippen LogP contribution in [0.1, 0.15) is 17.0 Å². The van der Waals surface area contributed by atoms with E-state index in [4.69, 9.17) is 4.74 Å². The van der Waals surface area contributed by atoms with Gasteiger partial charge in [0.05, 0.1) is 6.61 Å². The molecule has 1 aromatic carbocycles. The van der Waals surface area contributed by atoms with E-state index in [1.54, 1.807) is 11.0 Å². The van der Waals surface area contributed by atoms with Crippen molar-refractivity contribution in [1.29, 1.82) is 0 Å². The Labute approximate surface area is 126 Å². The molecule has 0 bridgehead atoms. The van der Waals surface area contributed by atoms with Crippen molar-refractivity contribution in [2.24, 2.45) is 7.05 Å². The van der Waals surface area contributed by atoms with Crippen molar-refractivity contribution in [1.82, 2.24) is 20.1 Å². The summed E-state index contributed by atoms with van der Waals surface area (Å²) < 4.78 is 8.56. The molecule has 0 atom stereocenters. The maximum atomic E-state index is 5.71. The molecule has 5 nitrogen and oxygen atoms in total. The van der Waals surface area contributed by atoms with Crippen molar-refractivity contribution in [3.05, 3.63) is 39.9 Å². The lowest BCUT2D eigenvalue weighted by Gasteiger charge is -2.10. The summed E-state index contributed by atoms with van der Waals surface area (Å²) in [5, 5.41) is 7.69. The first-order chi connectivity index (χ1) is 9.72. The number of aryl methyl sites for hydroxylation is 1. The molecule has 0 aliphatic carbocycles. The van der Waals surface area contributed by atoms with Crippen molar-refractivity contribution < 1.29 is 4.74 Å². The van der Waals surface area contributed by atoms with Crippen LogP contribution in [0.15, 0.2) is 22.9 Å². The van der Waals surface area contributed by atoms with Gasteiger partial charge < -0.3 is 10.1 Å². The van der Waals surface area contributed by atoms with Crippen LogP contribution in [-0.4, -0.2) is 27.9 Å². The maximum absolute atomic E-state index is 5.71. The molecule has 6 heteroatoms. The van der Waals surface area contributed by atoms with Gasteiger partial charge in [-0.1, -0.05) is 15.9 Å². The Hall–Kier alpha value is -1.40. The lowest BCUT2D eigenvalue weighted by Crippen LogP contribution is -2.17. The summed E-state index contributed by atoms with van der Waals surface area (Å²) in [5.74, 6) is 1.92. The smallest absolute Gasteiger partial charge is 0.151 e. The molecule has 0 radical (unpaired) electrons. The van der Waals surface area contributed by atoms with E-state index in [-0.39, 0.29) is 0 Å². The summed E-state index contributed by atoms with van der Waals surface area (Å²) in [6, 6.07) is 4.26. The lowest BCUT2D eigenvalue weighted by molar-refractivity contribution is 0.352. The Morgan fingerprint density at radius 1 is 1.45 bits per heavy atom. The van der Waals surface area contributed by atoms with Crippen LogP contribution in [0.3, 0.4) is 0 Å². The van der Waals surface area contributed by atoms with Gasteiger partial charge in [-0.3, -0.25) is 4.68 Å². The predicted molar refractivity (Wildman–Crippen MR) is 79.8 cm³/mol. The number of ether oxygens (including phenoxy) is 1. The predicted octanol–water partition coefficient (Wildman–Crippen LogP) is 1.84. The number of halogens is 1. The Bertz CT molecular complexity index is 611. The van der Waals surface area contributed by atoms with E-state index in [9.17, 15) is 0 Å². The normalized spacial score (nSPS) is 13.3.